The van der Waals surface area contributed by atoms with Gasteiger partial charge in [0.2, 0.25) is 5.91 Å². The van der Waals surface area contributed by atoms with Gasteiger partial charge in [-0.1, -0.05) is 54.1 Å². The second kappa shape index (κ2) is 8.52. The molecule has 4 nitrogen and oxygen atoms in total. The van der Waals surface area contributed by atoms with Crippen LogP contribution in [0.15, 0.2) is 72.8 Å². The molecule has 0 aliphatic heterocycles. The van der Waals surface area contributed by atoms with Gasteiger partial charge in [-0.3, -0.25) is 9.59 Å². The van der Waals surface area contributed by atoms with Gasteiger partial charge in [-0.25, -0.2) is 0 Å². The minimum Gasteiger partial charge on any atom is -0.399 e. The Morgan fingerprint density at radius 2 is 1.63 bits per heavy atom. The van der Waals surface area contributed by atoms with E-state index in [1.54, 1.807) is 54.6 Å². The zero-order chi connectivity index (χ0) is 19.2. The molecule has 0 heterocycles. The first-order valence-corrected chi connectivity index (χ1v) is 8.94. The van der Waals surface area contributed by atoms with Gasteiger partial charge in [0.15, 0.2) is 5.78 Å². The van der Waals surface area contributed by atoms with Crippen molar-refractivity contribution in [3.8, 4) is 0 Å². The van der Waals surface area contributed by atoms with Crippen molar-refractivity contribution in [2.45, 2.75) is 12.8 Å². The number of hydrogen-bond acceptors (Lipinski definition) is 3. The third-order valence-electron chi connectivity index (χ3n) is 4.15. The Bertz CT molecular complexity index is 954. The van der Waals surface area contributed by atoms with Gasteiger partial charge < -0.3 is 11.1 Å². The number of amides is 1. The molecule has 0 unspecified atom stereocenters. The smallest absolute Gasteiger partial charge is 0.224 e. The van der Waals surface area contributed by atoms with Crippen LogP contribution in [-0.2, 0) is 11.2 Å². The Morgan fingerprint density at radius 3 is 2.33 bits per heavy atom. The molecule has 0 aliphatic carbocycles. The summed E-state index contributed by atoms with van der Waals surface area (Å²) in [7, 11) is 0. The second-order valence-electron chi connectivity index (χ2n) is 6.17. The summed E-state index contributed by atoms with van der Waals surface area (Å²) in [4.78, 5) is 25.2. The third-order valence-corrected chi connectivity index (χ3v) is 4.40. The van der Waals surface area contributed by atoms with E-state index >= 15 is 0 Å². The number of ketones is 1. The van der Waals surface area contributed by atoms with E-state index in [4.69, 9.17) is 17.3 Å². The molecule has 0 aromatic heterocycles. The highest BCUT2D eigenvalue weighted by Gasteiger charge is 2.15. The van der Waals surface area contributed by atoms with E-state index in [1.165, 1.54) is 0 Å². The molecule has 0 saturated heterocycles. The van der Waals surface area contributed by atoms with Crippen molar-refractivity contribution < 1.29 is 9.59 Å². The van der Waals surface area contributed by atoms with Crippen molar-refractivity contribution >= 4 is 34.7 Å². The molecule has 0 fully saturated rings. The summed E-state index contributed by atoms with van der Waals surface area (Å²) in [6, 6.07) is 21.2. The normalized spacial score (nSPS) is 10.4. The molecule has 5 heteroatoms. The molecule has 3 aromatic carbocycles. The number of aryl methyl sites for hydroxylation is 1. The van der Waals surface area contributed by atoms with Crippen LogP contribution < -0.4 is 11.1 Å². The van der Waals surface area contributed by atoms with Crippen LogP contribution in [0.5, 0.6) is 0 Å². The third kappa shape index (κ3) is 4.96. The number of anilines is 2. The molecule has 3 N–H and O–H groups in total. The Hall–Kier alpha value is -3.11. The quantitative estimate of drug-likeness (QED) is 0.481. The Morgan fingerprint density at radius 1 is 0.926 bits per heavy atom. The molecule has 136 valence electrons. The lowest BCUT2D eigenvalue weighted by atomic mass is 10.0. The molecule has 0 radical (unpaired) electrons. The average molecular weight is 379 g/mol. The lowest BCUT2D eigenvalue weighted by Gasteiger charge is -2.12. The molecule has 0 saturated carbocycles. The SMILES string of the molecule is Nc1ccc(NC(=O)CCc2ccc(Cl)cc2)c(C(=O)c2ccccc2)c1. The lowest BCUT2D eigenvalue weighted by Crippen LogP contribution is -2.16. The number of carbonyl (C=O) groups excluding carboxylic acids is 2. The van der Waals surface area contributed by atoms with Crippen molar-refractivity contribution in [2.75, 3.05) is 11.1 Å². The first-order chi connectivity index (χ1) is 13.0. The van der Waals surface area contributed by atoms with E-state index in [2.05, 4.69) is 5.32 Å². The molecule has 27 heavy (non-hydrogen) atoms. The van der Waals surface area contributed by atoms with Gasteiger partial charge >= 0.3 is 0 Å². The van der Waals surface area contributed by atoms with Gasteiger partial charge in [0, 0.05) is 28.3 Å². The van der Waals surface area contributed by atoms with Crippen molar-refractivity contribution in [1.82, 2.24) is 0 Å². The summed E-state index contributed by atoms with van der Waals surface area (Å²) >= 11 is 5.87. The van der Waals surface area contributed by atoms with E-state index in [1.807, 2.05) is 18.2 Å². The fourth-order valence-corrected chi connectivity index (χ4v) is 2.85. The van der Waals surface area contributed by atoms with Crippen LogP contribution >= 0.6 is 11.6 Å². The van der Waals surface area contributed by atoms with Crippen LogP contribution in [0.3, 0.4) is 0 Å². The highest BCUT2D eigenvalue weighted by molar-refractivity contribution is 6.30. The molecule has 0 aliphatic rings. The lowest BCUT2D eigenvalue weighted by molar-refractivity contribution is -0.116. The number of benzene rings is 3. The van der Waals surface area contributed by atoms with Crippen molar-refractivity contribution in [3.05, 3.63) is 94.5 Å². The predicted octanol–water partition coefficient (Wildman–Crippen LogP) is 4.72. The minimum absolute atomic E-state index is 0.170. The number of rotatable bonds is 6. The van der Waals surface area contributed by atoms with Gasteiger partial charge in [-0.05, 0) is 42.3 Å². The Kier molecular flexibility index (Phi) is 5.89. The minimum atomic E-state index is -0.184. The van der Waals surface area contributed by atoms with Crippen molar-refractivity contribution in [2.24, 2.45) is 0 Å². The summed E-state index contributed by atoms with van der Waals surface area (Å²) in [5.74, 6) is -0.354. The van der Waals surface area contributed by atoms with Gasteiger partial charge in [0.25, 0.3) is 0 Å². The van der Waals surface area contributed by atoms with E-state index in [9.17, 15) is 9.59 Å². The number of hydrogen-bond donors (Lipinski definition) is 2. The standard InChI is InChI=1S/C22H19ClN2O2/c23-17-9-6-15(7-10-17)8-13-21(26)25-20-12-11-18(24)14-19(20)22(27)16-4-2-1-3-5-16/h1-7,9-12,14H,8,13,24H2,(H,25,26). The summed E-state index contributed by atoms with van der Waals surface area (Å²) in [6.45, 7) is 0. The van der Waals surface area contributed by atoms with E-state index in [-0.39, 0.29) is 11.7 Å². The van der Waals surface area contributed by atoms with E-state index < -0.39 is 0 Å². The predicted molar refractivity (Wildman–Crippen MR) is 109 cm³/mol. The first kappa shape index (κ1) is 18.7. The molecule has 0 spiro atoms. The fourth-order valence-electron chi connectivity index (χ4n) is 2.73. The first-order valence-electron chi connectivity index (χ1n) is 8.56. The average Bonchev–Trinajstić information content (AvgIpc) is 2.69. The van der Waals surface area contributed by atoms with Crippen molar-refractivity contribution in [3.63, 3.8) is 0 Å². The molecular formula is C22H19ClN2O2. The molecule has 0 bridgehead atoms. The van der Waals surface area contributed by atoms with Crippen LogP contribution in [0, 0.1) is 0 Å². The van der Waals surface area contributed by atoms with E-state index in [0.717, 1.165) is 5.56 Å². The number of carbonyl (C=O) groups is 2. The van der Waals surface area contributed by atoms with Gasteiger partial charge in [-0.2, -0.15) is 0 Å². The van der Waals surface area contributed by atoms with Crippen LogP contribution in [-0.4, -0.2) is 11.7 Å². The van der Waals surface area contributed by atoms with Crippen LogP contribution in [0.2, 0.25) is 5.02 Å². The summed E-state index contributed by atoms with van der Waals surface area (Å²) in [6.07, 6.45) is 0.880. The number of halogens is 1. The second-order valence-corrected chi connectivity index (χ2v) is 6.61. The van der Waals surface area contributed by atoms with E-state index in [0.29, 0.717) is 40.4 Å². The maximum atomic E-state index is 12.8. The maximum Gasteiger partial charge on any atom is 0.224 e. The van der Waals surface area contributed by atoms with Crippen LogP contribution in [0.1, 0.15) is 27.9 Å². The molecule has 0 atom stereocenters. The monoisotopic (exact) mass is 378 g/mol. The highest BCUT2D eigenvalue weighted by Crippen LogP contribution is 2.23. The van der Waals surface area contributed by atoms with Gasteiger partial charge in [0.05, 0.1) is 5.69 Å². The zero-order valence-electron chi connectivity index (χ0n) is 14.6. The van der Waals surface area contributed by atoms with Gasteiger partial charge in [-0.15, -0.1) is 0 Å². The Labute approximate surface area is 163 Å². The topological polar surface area (TPSA) is 72.2 Å². The summed E-state index contributed by atoms with van der Waals surface area (Å²) in [5, 5.41) is 3.49. The number of nitrogen functional groups attached to an aromatic ring is 1. The van der Waals surface area contributed by atoms with Gasteiger partial charge in [0.1, 0.15) is 0 Å². The highest BCUT2D eigenvalue weighted by atomic mass is 35.5. The fraction of sp³-hybridized carbons (Fsp3) is 0.0909. The summed E-state index contributed by atoms with van der Waals surface area (Å²) < 4.78 is 0. The number of nitrogens with one attached hydrogen (secondary N) is 1. The van der Waals surface area contributed by atoms with Crippen LogP contribution in [0.4, 0.5) is 11.4 Å². The zero-order valence-corrected chi connectivity index (χ0v) is 15.4. The largest absolute Gasteiger partial charge is 0.399 e. The molecular weight excluding hydrogens is 360 g/mol. The van der Waals surface area contributed by atoms with Crippen molar-refractivity contribution in [1.29, 1.82) is 0 Å². The molecule has 3 rings (SSSR count). The van der Waals surface area contributed by atoms with Crippen LogP contribution in [0.25, 0.3) is 0 Å². The maximum absolute atomic E-state index is 12.8. The molecule has 3 aromatic rings. The Balaban J connectivity index is 1.73. The molecule has 1 amide bonds. The number of nitrogens with two attached hydrogens (primary N) is 1. The summed E-state index contributed by atoms with van der Waals surface area (Å²) in [5.41, 5.74) is 8.71.